The van der Waals surface area contributed by atoms with Crippen molar-refractivity contribution >= 4 is 174 Å². The summed E-state index contributed by atoms with van der Waals surface area (Å²) in [5.74, 6) is 0. The molecule has 3 unspecified atom stereocenters. The molecule has 0 aromatic heterocycles. The van der Waals surface area contributed by atoms with E-state index in [2.05, 4.69) is 0 Å². The first-order valence-corrected chi connectivity index (χ1v) is 12.3. The number of alkyl halides is 13. The molecule has 1 saturated carbocycles. The summed E-state index contributed by atoms with van der Waals surface area (Å²) < 4.78 is -6.47. The van der Waals surface area contributed by atoms with Crippen molar-refractivity contribution in [1.29, 1.82) is 0 Å². The highest BCUT2D eigenvalue weighted by Gasteiger charge is 2.87. The van der Waals surface area contributed by atoms with Crippen molar-refractivity contribution in [2.45, 2.75) is 37.2 Å². The van der Waals surface area contributed by atoms with Gasteiger partial charge in [0, 0.05) is 11.1 Å². The SMILES string of the molecule is ClC1=C(Cl)C(Cl)C(Cl)(Cl)C2(Cl)OC3(Cl)C(=C12)C(Cl)(Cl)C(Cl)(Cl)C(Cl)(Cl)C3(Cl)Cl. The first-order valence-electron chi connectivity index (χ1n) is 6.60. The van der Waals surface area contributed by atoms with Crippen LogP contribution in [0.25, 0.3) is 0 Å². The molecule has 3 rings (SSSR count). The summed E-state index contributed by atoms with van der Waals surface area (Å²) in [5, 5.41) is -6.68. The first-order chi connectivity index (χ1) is 12.2. The Kier molecular flexibility index (Phi) is 6.75. The van der Waals surface area contributed by atoms with Crippen LogP contribution in [-0.4, -0.2) is 37.2 Å². The van der Waals surface area contributed by atoms with Crippen LogP contribution in [0.4, 0.5) is 0 Å². The zero-order valence-corrected chi connectivity index (χ0v) is 23.5. The molecule has 1 aliphatic heterocycles. The summed E-state index contributed by atoms with van der Waals surface area (Å²) >= 11 is 95.8. The van der Waals surface area contributed by atoms with Gasteiger partial charge in [0.1, 0.15) is 5.38 Å². The highest BCUT2D eigenvalue weighted by Crippen LogP contribution is 2.79. The highest BCUT2D eigenvalue weighted by molar-refractivity contribution is 6.77. The topological polar surface area (TPSA) is 9.23 Å². The zero-order valence-electron chi connectivity index (χ0n) is 12.2. The fourth-order valence-electron chi connectivity index (χ4n) is 2.99. The van der Waals surface area contributed by atoms with Crippen molar-refractivity contribution in [3.63, 3.8) is 0 Å². The third kappa shape index (κ3) is 2.75. The normalized spacial score (nSPS) is 42.3. The Balaban J connectivity index is 2.54. The molecular weight excluding hydrogens is 692 g/mol. The molecule has 3 atom stereocenters. The Morgan fingerprint density at radius 2 is 1.11 bits per heavy atom. The predicted octanol–water partition coefficient (Wildman–Crippen LogP) is 9.38. The minimum Gasteiger partial charge on any atom is -0.323 e. The maximum Gasteiger partial charge on any atom is 0.206 e. The number of fused-ring (bicyclic) bond motifs is 2. The van der Waals surface area contributed by atoms with Gasteiger partial charge in [-0.2, -0.15) is 0 Å². The monoisotopic (exact) mass is 686 g/mol. The maximum absolute atomic E-state index is 6.64. The van der Waals surface area contributed by atoms with E-state index >= 15 is 0 Å². The molecule has 0 N–H and O–H groups in total. The van der Waals surface area contributed by atoms with Crippen LogP contribution < -0.4 is 0 Å². The molecule has 0 aromatic rings. The number of ether oxygens (including phenoxy) is 1. The van der Waals surface area contributed by atoms with Gasteiger partial charge in [-0.1, -0.05) is 162 Å². The average molecular weight is 693 g/mol. The second-order valence-electron chi connectivity index (χ2n) is 5.99. The molecule has 0 radical (unpaired) electrons. The van der Waals surface area contributed by atoms with Crippen molar-refractivity contribution < 1.29 is 4.74 Å². The molecule has 0 amide bonds. The van der Waals surface area contributed by atoms with Gasteiger partial charge in [-0.15, -0.1) is 11.6 Å². The third-order valence-corrected chi connectivity index (χ3v) is 14.2. The van der Waals surface area contributed by atoms with Crippen molar-refractivity contribution in [1.82, 2.24) is 0 Å². The van der Waals surface area contributed by atoms with Gasteiger partial charge in [0.25, 0.3) is 0 Å². The van der Waals surface area contributed by atoms with E-state index in [0.717, 1.165) is 0 Å². The third-order valence-electron chi connectivity index (χ3n) is 4.47. The standard InChI is InChI=1S/C12HCl15O/c13-2-1-4-6(16,17)10(22,23)12(26,27)11(24,25)9(4,21)28-8(1,20)7(18,19)5(15)3(2)14/h5H. The highest BCUT2D eigenvalue weighted by atomic mass is 35.6. The lowest BCUT2D eigenvalue weighted by Crippen LogP contribution is -2.72. The number of rotatable bonds is 0. The van der Waals surface area contributed by atoms with Gasteiger partial charge in [-0.3, -0.25) is 0 Å². The Labute approximate surface area is 234 Å². The van der Waals surface area contributed by atoms with Gasteiger partial charge in [0.05, 0.1) is 10.1 Å². The zero-order chi connectivity index (χ0) is 22.1. The molecule has 1 nitrogen and oxygen atoms in total. The van der Waals surface area contributed by atoms with E-state index in [9.17, 15) is 0 Å². The summed E-state index contributed by atoms with van der Waals surface area (Å²) in [4.78, 5) is 0. The van der Waals surface area contributed by atoms with Crippen LogP contribution in [0.15, 0.2) is 21.2 Å². The molecule has 0 bridgehead atoms. The first kappa shape index (κ1) is 26.4. The smallest absolute Gasteiger partial charge is 0.206 e. The number of hydrogen-bond acceptors (Lipinski definition) is 1. The van der Waals surface area contributed by atoms with Crippen LogP contribution in [0.3, 0.4) is 0 Å². The number of halogens is 15. The van der Waals surface area contributed by atoms with Gasteiger partial charge in [0.15, 0.2) is 17.3 Å². The minimum atomic E-state index is -2.54. The molecular formula is C12HCl15O. The summed E-state index contributed by atoms with van der Waals surface area (Å²) in [6, 6.07) is 0. The van der Waals surface area contributed by atoms with Gasteiger partial charge in [-0.05, 0) is 0 Å². The van der Waals surface area contributed by atoms with E-state index < -0.39 is 42.7 Å². The van der Waals surface area contributed by atoms with Crippen LogP contribution in [0.5, 0.6) is 0 Å². The number of hydrogen-bond donors (Lipinski definition) is 0. The molecule has 16 heteroatoms. The summed E-state index contributed by atoms with van der Waals surface area (Å²) in [7, 11) is 0. The Morgan fingerprint density at radius 1 is 0.643 bits per heavy atom. The molecule has 3 aliphatic rings. The Hall–Kier alpha value is 3.79. The largest absolute Gasteiger partial charge is 0.323 e. The molecule has 2 aliphatic carbocycles. The van der Waals surface area contributed by atoms with Crippen LogP contribution in [0.1, 0.15) is 0 Å². The minimum absolute atomic E-state index is 0.223. The summed E-state index contributed by atoms with van der Waals surface area (Å²) in [6.07, 6.45) is 0. The molecule has 160 valence electrons. The van der Waals surface area contributed by atoms with Gasteiger partial charge in [0.2, 0.25) is 14.5 Å². The van der Waals surface area contributed by atoms with Crippen molar-refractivity contribution in [2.24, 2.45) is 0 Å². The summed E-state index contributed by atoms with van der Waals surface area (Å²) in [5.41, 5.74) is -0.702. The molecule has 1 heterocycles. The van der Waals surface area contributed by atoms with E-state index in [1.165, 1.54) is 0 Å². The molecule has 0 aromatic carbocycles. The van der Waals surface area contributed by atoms with Crippen molar-refractivity contribution in [3.8, 4) is 0 Å². The molecule has 1 fully saturated rings. The van der Waals surface area contributed by atoms with E-state index in [1.54, 1.807) is 0 Å². The van der Waals surface area contributed by atoms with Crippen LogP contribution in [0.2, 0.25) is 0 Å². The van der Waals surface area contributed by atoms with Gasteiger partial charge in [-0.25, -0.2) is 0 Å². The van der Waals surface area contributed by atoms with E-state index in [0.29, 0.717) is 0 Å². The average Bonchev–Trinajstić information content (AvgIpc) is 2.81. The van der Waals surface area contributed by atoms with Crippen LogP contribution in [0, 0.1) is 0 Å². The van der Waals surface area contributed by atoms with Crippen LogP contribution >= 0.6 is 174 Å². The number of allylic oxidation sites excluding steroid dienone is 1. The van der Waals surface area contributed by atoms with Gasteiger partial charge < -0.3 is 4.74 Å². The fraction of sp³-hybridized carbons (Fsp3) is 0.667. The quantitative estimate of drug-likeness (QED) is 0.230. The van der Waals surface area contributed by atoms with Crippen molar-refractivity contribution in [3.05, 3.63) is 21.2 Å². The second kappa shape index (κ2) is 7.16. The maximum atomic E-state index is 6.64. The lowest BCUT2D eigenvalue weighted by atomic mass is 9.83. The summed E-state index contributed by atoms with van der Waals surface area (Å²) in [6.45, 7) is 0. The Bertz CT molecular complexity index is 825. The van der Waals surface area contributed by atoms with E-state index in [-0.39, 0.29) is 15.6 Å². The predicted molar refractivity (Wildman–Crippen MR) is 126 cm³/mol. The fourth-order valence-corrected chi connectivity index (χ4v) is 8.44. The molecule has 0 saturated heterocycles. The molecule has 0 spiro atoms. The van der Waals surface area contributed by atoms with E-state index in [4.69, 9.17) is 179 Å². The van der Waals surface area contributed by atoms with Crippen LogP contribution in [-0.2, 0) is 4.74 Å². The lowest BCUT2D eigenvalue weighted by molar-refractivity contribution is -0.0287. The second-order valence-corrected chi connectivity index (χ2v) is 15.0. The van der Waals surface area contributed by atoms with Crippen molar-refractivity contribution in [2.75, 3.05) is 0 Å². The Morgan fingerprint density at radius 3 is 1.57 bits per heavy atom. The van der Waals surface area contributed by atoms with Gasteiger partial charge >= 0.3 is 0 Å². The molecule has 28 heavy (non-hydrogen) atoms. The lowest BCUT2D eigenvalue weighted by Gasteiger charge is -2.57. The van der Waals surface area contributed by atoms with E-state index in [1.807, 2.05) is 0 Å².